The van der Waals surface area contributed by atoms with Gasteiger partial charge in [0.15, 0.2) is 5.96 Å². The molecule has 2 rings (SSSR count). The standard InChI is InChI=1S/C16H23N5/c1-13(2)20-16(17)19-9-8-15-18-10-11-21(15)12-14-6-4-3-5-7-14/h3-7,10-11,13H,8-9,12H2,1-2H3,(H3,17,19,20). The molecule has 0 saturated heterocycles. The summed E-state index contributed by atoms with van der Waals surface area (Å²) in [5.41, 5.74) is 7.05. The molecule has 0 atom stereocenters. The van der Waals surface area contributed by atoms with Gasteiger partial charge in [0.2, 0.25) is 0 Å². The zero-order valence-electron chi connectivity index (χ0n) is 12.7. The van der Waals surface area contributed by atoms with Crippen LogP contribution in [0.4, 0.5) is 0 Å². The number of benzene rings is 1. The highest BCUT2D eigenvalue weighted by molar-refractivity contribution is 5.78. The van der Waals surface area contributed by atoms with E-state index in [9.17, 15) is 0 Å². The van der Waals surface area contributed by atoms with E-state index in [1.807, 2.05) is 32.3 Å². The maximum absolute atomic E-state index is 5.79. The van der Waals surface area contributed by atoms with Crippen LogP contribution in [0.3, 0.4) is 0 Å². The van der Waals surface area contributed by atoms with E-state index in [0.717, 1.165) is 18.8 Å². The molecule has 1 aromatic carbocycles. The smallest absolute Gasteiger partial charge is 0.188 e. The van der Waals surface area contributed by atoms with Crippen LogP contribution in [0.15, 0.2) is 47.7 Å². The Bertz CT molecular complexity index is 571. The second-order valence-corrected chi connectivity index (χ2v) is 5.27. The van der Waals surface area contributed by atoms with E-state index in [4.69, 9.17) is 5.73 Å². The summed E-state index contributed by atoms with van der Waals surface area (Å²) in [5, 5.41) is 3.08. The lowest BCUT2D eigenvalue weighted by atomic mass is 10.2. The fourth-order valence-corrected chi connectivity index (χ4v) is 2.11. The van der Waals surface area contributed by atoms with Crippen LogP contribution in [0.2, 0.25) is 0 Å². The van der Waals surface area contributed by atoms with Gasteiger partial charge in [0.05, 0.1) is 0 Å². The van der Waals surface area contributed by atoms with E-state index in [1.54, 1.807) is 0 Å². The van der Waals surface area contributed by atoms with E-state index in [-0.39, 0.29) is 0 Å². The molecule has 2 aromatic rings. The van der Waals surface area contributed by atoms with Crippen molar-refractivity contribution in [2.45, 2.75) is 32.9 Å². The third-order valence-corrected chi connectivity index (χ3v) is 3.05. The number of guanidine groups is 1. The monoisotopic (exact) mass is 285 g/mol. The summed E-state index contributed by atoms with van der Waals surface area (Å²) in [6.45, 7) is 5.54. The van der Waals surface area contributed by atoms with Gasteiger partial charge in [-0.1, -0.05) is 30.3 Å². The summed E-state index contributed by atoms with van der Waals surface area (Å²) in [6, 6.07) is 10.7. The van der Waals surface area contributed by atoms with Crippen molar-refractivity contribution in [3.8, 4) is 0 Å². The van der Waals surface area contributed by atoms with Gasteiger partial charge in [-0.25, -0.2) is 4.98 Å². The van der Waals surface area contributed by atoms with Crippen LogP contribution in [0, 0.1) is 0 Å². The molecule has 5 heteroatoms. The Morgan fingerprint density at radius 2 is 2.10 bits per heavy atom. The number of nitrogens with two attached hydrogens (primary N) is 1. The fraction of sp³-hybridized carbons (Fsp3) is 0.375. The topological polar surface area (TPSA) is 68.2 Å². The first-order chi connectivity index (χ1) is 10.1. The van der Waals surface area contributed by atoms with Crippen LogP contribution in [0.5, 0.6) is 0 Å². The Balaban J connectivity index is 1.92. The predicted octanol–water partition coefficient (Wildman–Crippen LogP) is 1.79. The van der Waals surface area contributed by atoms with Gasteiger partial charge in [0, 0.05) is 37.9 Å². The van der Waals surface area contributed by atoms with Crippen LogP contribution < -0.4 is 11.1 Å². The largest absolute Gasteiger partial charge is 0.370 e. The number of nitrogens with zero attached hydrogens (tertiary/aromatic N) is 3. The molecule has 0 unspecified atom stereocenters. The predicted molar refractivity (Wildman–Crippen MR) is 86.2 cm³/mol. The maximum atomic E-state index is 5.79. The Morgan fingerprint density at radius 1 is 1.33 bits per heavy atom. The number of aromatic nitrogens is 2. The molecule has 0 saturated carbocycles. The second-order valence-electron chi connectivity index (χ2n) is 5.27. The van der Waals surface area contributed by atoms with Gasteiger partial charge in [-0.2, -0.15) is 0 Å². The molecular formula is C16H23N5. The Kier molecular flexibility index (Phi) is 5.37. The minimum absolute atomic E-state index is 0.300. The first-order valence-corrected chi connectivity index (χ1v) is 7.25. The molecule has 1 aromatic heterocycles. The van der Waals surface area contributed by atoms with E-state index in [1.165, 1.54) is 5.56 Å². The summed E-state index contributed by atoms with van der Waals surface area (Å²) in [6.07, 6.45) is 4.61. The van der Waals surface area contributed by atoms with Gasteiger partial charge in [0.1, 0.15) is 5.82 Å². The highest BCUT2D eigenvalue weighted by Crippen LogP contribution is 2.06. The molecule has 0 amide bonds. The molecule has 5 nitrogen and oxygen atoms in total. The zero-order valence-corrected chi connectivity index (χ0v) is 12.7. The molecule has 21 heavy (non-hydrogen) atoms. The fourth-order valence-electron chi connectivity index (χ4n) is 2.11. The van der Waals surface area contributed by atoms with Crippen LogP contribution >= 0.6 is 0 Å². The quantitative estimate of drug-likeness (QED) is 0.628. The molecule has 0 spiro atoms. The molecule has 0 aliphatic carbocycles. The van der Waals surface area contributed by atoms with E-state index >= 15 is 0 Å². The summed E-state index contributed by atoms with van der Waals surface area (Å²) in [5.74, 6) is 1.52. The molecular weight excluding hydrogens is 262 g/mol. The molecule has 112 valence electrons. The van der Waals surface area contributed by atoms with Crippen molar-refractivity contribution in [3.63, 3.8) is 0 Å². The number of aliphatic imine (C=N–C) groups is 1. The van der Waals surface area contributed by atoms with Gasteiger partial charge in [-0.15, -0.1) is 0 Å². The van der Waals surface area contributed by atoms with Gasteiger partial charge >= 0.3 is 0 Å². The van der Waals surface area contributed by atoms with Crippen molar-refractivity contribution in [2.24, 2.45) is 10.7 Å². The molecule has 0 aliphatic rings. The normalized spacial score (nSPS) is 11.9. The van der Waals surface area contributed by atoms with E-state index < -0.39 is 0 Å². The van der Waals surface area contributed by atoms with Crippen molar-refractivity contribution in [3.05, 3.63) is 54.1 Å². The maximum Gasteiger partial charge on any atom is 0.188 e. The van der Waals surface area contributed by atoms with Crippen molar-refractivity contribution in [2.75, 3.05) is 6.54 Å². The van der Waals surface area contributed by atoms with E-state index in [2.05, 4.69) is 44.1 Å². The Morgan fingerprint density at radius 3 is 2.81 bits per heavy atom. The lowest BCUT2D eigenvalue weighted by Crippen LogP contribution is -2.36. The molecule has 0 radical (unpaired) electrons. The van der Waals surface area contributed by atoms with E-state index in [0.29, 0.717) is 18.5 Å². The van der Waals surface area contributed by atoms with Crippen molar-refractivity contribution < 1.29 is 0 Å². The van der Waals surface area contributed by atoms with Crippen molar-refractivity contribution in [1.82, 2.24) is 14.9 Å². The Labute approximate surface area is 125 Å². The average molecular weight is 285 g/mol. The lowest BCUT2D eigenvalue weighted by Gasteiger charge is -2.09. The summed E-state index contributed by atoms with van der Waals surface area (Å²) in [7, 11) is 0. The molecule has 0 fully saturated rings. The third kappa shape index (κ3) is 4.95. The minimum Gasteiger partial charge on any atom is -0.370 e. The summed E-state index contributed by atoms with van der Waals surface area (Å²) in [4.78, 5) is 8.72. The van der Waals surface area contributed by atoms with Crippen molar-refractivity contribution >= 4 is 5.96 Å². The minimum atomic E-state index is 0.300. The van der Waals surface area contributed by atoms with Crippen molar-refractivity contribution in [1.29, 1.82) is 0 Å². The van der Waals surface area contributed by atoms with Crippen LogP contribution in [0.25, 0.3) is 0 Å². The highest BCUT2D eigenvalue weighted by atomic mass is 15.1. The number of rotatable bonds is 6. The SMILES string of the molecule is CC(C)NC(N)=NCCc1nccn1Cc1ccccc1. The third-order valence-electron chi connectivity index (χ3n) is 3.05. The molecule has 0 bridgehead atoms. The number of hydrogen-bond donors (Lipinski definition) is 2. The first-order valence-electron chi connectivity index (χ1n) is 7.25. The zero-order chi connectivity index (χ0) is 15.1. The van der Waals surface area contributed by atoms with Crippen LogP contribution in [0.1, 0.15) is 25.2 Å². The number of imidazole rings is 1. The number of hydrogen-bond acceptors (Lipinski definition) is 2. The second kappa shape index (κ2) is 7.47. The summed E-state index contributed by atoms with van der Waals surface area (Å²) < 4.78 is 2.15. The number of nitrogens with one attached hydrogen (secondary N) is 1. The highest BCUT2D eigenvalue weighted by Gasteiger charge is 2.03. The first kappa shape index (κ1) is 15.1. The molecule has 1 heterocycles. The van der Waals surface area contributed by atoms with Crippen LogP contribution in [-0.2, 0) is 13.0 Å². The molecule has 0 aliphatic heterocycles. The lowest BCUT2D eigenvalue weighted by molar-refractivity contribution is 0.705. The van der Waals surface area contributed by atoms with Gasteiger partial charge in [-0.3, -0.25) is 4.99 Å². The average Bonchev–Trinajstić information content (AvgIpc) is 2.86. The Hall–Kier alpha value is -2.30. The summed E-state index contributed by atoms with van der Waals surface area (Å²) >= 11 is 0. The van der Waals surface area contributed by atoms with Crippen LogP contribution in [-0.4, -0.2) is 28.1 Å². The van der Waals surface area contributed by atoms with Gasteiger partial charge in [0.25, 0.3) is 0 Å². The van der Waals surface area contributed by atoms with Gasteiger partial charge < -0.3 is 15.6 Å². The van der Waals surface area contributed by atoms with Gasteiger partial charge in [-0.05, 0) is 19.4 Å². The molecule has 3 N–H and O–H groups in total.